The average Bonchev–Trinajstić information content (AvgIpc) is 2.20. The van der Waals surface area contributed by atoms with Gasteiger partial charge in [-0.25, -0.2) is 17.5 Å². The first-order valence-electron chi connectivity index (χ1n) is 5.03. The Kier molecular flexibility index (Phi) is 7.31. The fourth-order valence-electron chi connectivity index (χ4n) is 1.18. The first kappa shape index (κ1) is 17.8. The second kappa shape index (κ2) is 7.40. The van der Waals surface area contributed by atoms with E-state index in [9.17, 15) is 12.8 Å². The van der Waals surface area contributed by atoms with E-state index in [1.165, 1.54) is 12.1 Å². The summed E-state index contributed by atoms with van der Waals surface area (Å²) in [6.07, 6.45) is 0.520. The molecule has 0 bridgehead atoms. The van der Waals surface area contributed by atoms with Gasteiger partial charge in [-0.15, -0.1) is 12.4 Å². The molecule has 0 aliphatic heterocycles. The van der Waals surface area contributed by atoms with Crippen molar-refractivity contribution in [2.24, 2.45) is 5.73 Å². The minimum atomic E-state index is -3.70. The zero-order valence-electron chi connectivity index (χ0n) is 9.69. The fraction of sp³-hybridized carbons (Fsp3) is 0.400. The Morgan fingerprint density at radius 1 is 1.50 bits per heavy atom. The van der Waals surface area contributed by atoms with Crippen LogP contribution in [0.5, 0.6) is 0 Å². The van der Waals surface area contributed by atoms with Crippen molar-refractivity contribution in [3.63, 3.8) is 0 Å². The summed E-state index contributed by atoms with van der Waals surface area (Å²) >= 11 is 3.08. The summed E-state index contributed by atoms with van der Waals surface area (Å²) in [5.74, 6) is -0.597. The predicted octanol–water partition coefficient (Wildman–Crippen LogP) is 2.03. The molecule has 0 saturated carbocycles. The Labute approximate surface area is 121 Å². The third kappa shape index (κ3) is 5.19. The number of nitrogens with two attached hydrogens (primary N) is 1. The molecule has 0 aromatic heterocycles. The Balaban J connectivity index is 0.00000289. The van der Waals surface area contributed by atoms with E-state index in [4.69, 9.17) is 5.73 Å². The van der Waals surface area contributed by atoms with Crippen molar-refractivity contribution in [1.29, 1.82) is 0 Å². The largest absolute Gasteiger partial charge is 0.328 e. The number of rotatable bonds is 5. The maximum absolute atomic E-state index is 13.0. The van der Waals surface area contributed by atoms with Gasteiger partial charge >= 0.3 is 0 Å². The molecule has 0 amide bonds. The minimum Gasteiger partial charge on any atom is -0.328 e. The van der Waals surface area contributed by atoms with Crippen LogP contribution in [-0.2, 0) is 10.0 Å². The van der Waals surface area contributed by atoms with Gasteiger partial charge in [-0.05, 0) is 47.5 Å². The normalized spacial score (nSPS) is 12.9. The topological polar surface area (TPSA) is 72.2 Å². The molecule has 1 atom stereocenters. The molecule has 18 heavy (non-hydrogen) atoms. The molecular weight excluding hydrogens is 347 g/mol. The van der Waals surface area contributed by atoms with Gasteiger partial charge in [0.15, 0.2) is 0 Å². The Hall–Kier alpha value is -0.210. The Bertz CT molecular complexity index is 497. The van der Waals surface area contributed by atoms with Crippen LogP contribution in [0.15, 0.2) is 27.6 Å². The predicted molar refractivity (Wildman–Crippen MR) is 74.8 cm³/mol. The lowest BCUT2D eigenvalue weighted by atomic mass is 10.3. The van der Waals surface area contributed by atoms with Crippen LogP contribution < -0.4 is 10.5 Å². The molecular formula is C10H15BrClFN2O2S. The van der Waals surface area contributed by atoms with Crippen molar-refractivity contribution in [2.75, 3.05) is 6.54 Å². The molecule has 0 aliphatic rings. The first-order chi connectivity index (χ1) is 7.83. The van der Waals surface area contributed by atoms with Crippen LogP contribution in [0, 0.1) is 5.82 Å². The summed E-state index contributed by atoms with van der Waals surface area (Å²) in [7, 11) is -3.70. The fourth-order valence-corrected chi connectivity index (χ4v) is 3.20. The molecule has 1 aromatic carbocycles. The van der Waals surface area contributed by atoms with Gasteiger partial charge < -0.3 is 5.73 Å². The zero-order valence-corrected chi connectivity index (χ0v) is 12.9. The van der Waals surface area contributed by atoms with Crippen molar-refractivity contribution in [2.45, 2.75) is 24.3 Å². The SMILES string of the molecule is CC(N)CCNS(=O)(=O)c1cc(F)ccc1Br.Cl. The van der Waals surface area contributed by atoms with Gasteiger partial charge in [-0.1, -0.05) is 0 Å². The average molecular weight is 362 g/mol. The van der Waals surface area contributed by atoms with E-state index in [0.29, 0.717) is 10.9 Å². The molecule has 1 aromatic rings. The molecule has 1 rings (SSSR count). The summed E-state index contributed by atoms with van der Waals surface area (Å²) in [6, 6.07) is 3.42. The van der Waals surface area contributed by atoms with E-state index in [1.54, 1.807) is 6.92 Å². The van der Waals surface area contributed by atoms with Crippen molar-refractivity contribution < 1.29 is 12.8 Å². The van der Waals surface area contributed by atoms with E-state index < -0.39 is 15.8 Å². The summed E-state index contributed by atoms with van der Waals surface area (Å²) in [6.45, 7) is 2.01. The standard InChI is InChI=1S/C10H14BrFN2O2S.ClH/c1-7(13)4-5-14-17(15,16)10-6-8(12)2-3-9(10)11;/h2-3,6-7,14H,4-5,13H2,1H3;1H. The molecule has 104 valence electrons. The molecule has 0 spiro atoms. The van der Waals surface area contributed by atoms with Crippen LogP contribution >= 0.6 is 28.3 Å². The number of nitrogens with one attached hydrogen (secondary N) is 1. The summed E-state index contributed by atoms with van der Waals surface area (Å²) < 4.78 is 39.4. The molecule has 8 heteroatoms. The molecule has 0 fully saturated rings. The lowest BCUT2D eigenvalue weighted by Crippen LogP contribution is -2.29. The highest BCUT2D eigenvalue weighted by Gasteiger charge is 2.17. The molecule has 0 heterocycles. The van der Waals surface area contributed by atoms with Crippen LogP contribution in [0.1, 0.15) is 13.3 Å². The van der Waals surface area contributed by atoms with Gasteiger partial charge in [-0.3, -0.25) is 0 Å². The van der Waals surface area contributed by atoms with Crippen molar-refractivity contribution >= 4 is 38.4 Å². The number of halogens is 3. The highest BCUT2D eigenvalue weighted by atomic mass is 79.9. The number of hydrogen-bond acceptors (Lipinski definition) is 3. The van der Waals surface area contributed by atoms with Crippen molar-refractivity contribution in [3.05, 3.63) is 28.5 Å². The molecule has 4 nitrogen and oxygen atoms in total. The quantitative estimate of drug-likeness (QED) is 0.843. The number of sulfonamides is 1. The molecule has 3 N–H and O–H groups in total. The maximum Gasteiger partial charge on any atom is 0.241 e. The third-order valence-electron chi connectivity index (χ3n) is 2.07. The van der Waals surface area contributed by atoms with E-state index >= 15 is 0 Å². The van der Waals surface area contributed by atoms with Crippen molar-refractivity contribution in [1.82, 2.24) is 4.72 Å². The maximum atomic E-state index is 13.0. The van der Waals surface area contributed by atoms with Crippen LogP contribution in [0.25, 0.3) is 0 Å². The van der Waals surface area contributed by atoms with Crippen molar-refractivity contribution in [3.8, 4) is 0 Å². The van der Waals surface area contributed by atoms with Crippen LogP contribution in [-0.4, -0.2) is 21.0 Å². The van der Waals surface area contributed by atoms with E-state index in [0.717, 1.165) is 6.07 Å². The monoisotopic (exact) mass is 360 g/mol. The second-order valence-electron chi connectivity index (χ2n) is 3.74. The van der Waals surface area contributed by atoms with Crippen LogP contribution in [0.4, 0.5) is 4.39 Å². The Morgan fingerprint density at radius 3 is 2.67 bits per heavy atom. The second-order valence-corrected chi connectivity index (χ2v) is 6.33. The summed E-state index contributed by atoms with van der Waals surface area (Å²) in [5, 5.41) is 0. The highest BCUT2D eigenvalue weighted by Crippen LogP contribution is 2.22. The number of benzene rings is 1. The first-order valence-corrected chi connectivity index (χ1v) is 7.31. The summed E-state index contributed by atoms with van der Waals surface area (Å²) in [5.41, 5.74) is 5.51. The zero-order chi connectivity index (χ0) is 13.1. The van der Waals surface area contributed by atoms with Gasteiger partial charge in [0, 0.05) is 17.1 Å². The molecule has 0 saturated heterocycles. The Morgan fingerprint density at radius 2 is 2.11 bits per heavy atom. The highest BCUT2D eigenvalue weighted by molar-refractivity contribution is 9.10. The van der Waals surface area contributed by atoms with E-state index in [2.05, 4.69) is 20.7 Å². The molecule has 0 aliphatic carbocycles. The lowest BCUT2D eigenvalue weighted by Gasteiger charge is -2.09. The van der Waals surface area contributed by atoms with Gasteiger partial charge in [0.1, 0.15) is 5.82 Å². The molecule has 0 radical (unpaired) electrons. The minimum absolute atomic E-state index is 0. The van der Waals surface area contributed by atoms with Gasteiger partial charge in [0.05, 0.1) is 4.90 Å². The summed E-state index contributed by atoms with van der Waals surface area (Å²) in [4.78, 5) is -0.109. The molecule has 1 unspecified atom stereocenters. The number of hydrogen-bond donors (Lipinski definition) is 2. The van der Waals surface area contributed by atoms with Crippen LogP contribution in [0.3, 0.4) is 0 Å². The van der Waals surface area contributed by atoms with E-state index in [1.807, 2.05) is 0 Å². The van der Waals surface area contributed by atoms with Gasteiger partial charge in [0.25, 0.3) is 0 Å². The lowest BCUT2D eigenvalue weighted by molar-refractivity contribution is 0.568. The van der Waals surface area contributed by atoms with Gasteiger partial charge in [-0.2, -0.15) is 0 Å². The van der Waals surface area contributed by atoms with Gasteiger partial charge in [0.2, 0.25) is 10.0 Å². The smallest absolute Gasteiger partial charge is 0.241 e. The van der Waals surface area contributed by atoms with E-state index in [-0.39, 0.29) is 29.9 Å². The van der Waals surface area contributed by atoms with Crippen LogP contribution in [0.2, 0.25) is 0 Å². The third-order valence-corrected chi connectivity index (χ3v) is 4.53.